The Morgan fingerprint density at radius 2 is 2.16 bits per heavy atom. The number of aryl methyl sites for hydroxylation is 2. The fourth-order valence-corrected chi connectivity index (χ4v) is 3.07. The minimum absolute atomic E-state index is 0.0164. The smallest absolute Gasteiger partial charge is 0.280 e. The van der Waals surface area contributed by atoms with E-state index < -0.39 is 10.0 Å². The fourth-order valence-electron chi connectivity index (χ4n) is 1.57. The Hall–Kier alpha value is -1.34. The maximum Gasteiger partial charge on any atom is 0.280 e. The molecule has 0 saturated carbocycles. The molecule has 2 rings (SSSR count). The van der Waals surface area contributed by atoms with Gasteiger partial charge < -0.3 is 4.57 Å². The molecule has 0 aliphatic heterocycles. The molecule has 0 amide bonds. The highest BCUT2D eigenvalue weighted by atomic mass is 79.9. The number of benzene rings is 1. The van der Waals surface area contributed by atoms with Crippen LogP contribution in [0.25, 0.3) is 0 Å². The van der Waals surface area contributed by atoms with Crippen molar-refractivity contribution in [3.8, 4) is 0 Å². The van der Waals surface area contributed by atoms with Gasteiger partial charge in [0.15, 0.2) is 5.03 Å². The molecule has 0 atom stereocenters. The van der Waals surface area contributed by atoms with Gasteiger partial charge in [-0.3, -0.25) is 4.72 Å². The highest BCUT2D eigenvalue weighted by Crippen LogP contribution is 2.25. The third kappa shape index (κ3) is 3.16. The summed E-state index contributed by atoms with van der Waals surface area (Å²) in [6, 6.07) is 5.46. The van der Waals surface area contributed by atoms with E-state index in [4.69, 9.17) is 0 Å². The van der Waals surface area contributed by atoms with E-state index in [0.717, 1.165) is 5.56 Å². The van der Waals surface area contributed by atoms with Gasteiger partial charge in [-0.25, -0.2) is 4.98 Å². The number of nitrogens with zero attached hydrogens (tertiary/aromatic N) is 2. The molecule has 0 aliphatic rings. The van der Waals surface area contributed by atoms with Crippen LogP contribution in [0.5, 0.6) is 0 Å². The number of rotatable bonds is 4. The van der Waals surface area contributed by atoms with Crippen LogP contribution in [0, 0.1) is 6.92 Å². The molecule has 0 spiro atoms. The fraction of sp³-hybridized carbons (Fsp3) is 0.250. The molecule has 0 bridgehead atoms. The van der Waals surface area contributed by atoms with Gasteiger partial charge in [-0.1, -0.05) is 6.07 Å². The number of imidazole rings is 1. The zero-order chi connectivity index (χ0) is 14.0. The molecule has 1 N–H and O–H groups in total. The van der Waals surface area contributed by atoms with E-state index in [2.05, 4.69) is 25.6 Å². The number of aromatic nitrogens is 2. The standard InChI is InChI=1S/C12H14BrN3O2S/c1-3-16-7-12(14-8-16)19(17,18)15-11-6-9(2)4-5-10(11)13/h4-8,15H,3H2,1-2H3. The van der Waals surface area contributed by atoms with Crippen LogP contribution in [-0.2, 0) is 16.6 Å². The first-order chi connectivity index (χ1) is 8.92. The van der Waals surface area contributed by atoms with E-state index in [9.17, 15) is 8.42 Å². The van der Waals surface area contributed by atoms with Crippen LogP contribution >= 0.6 is 15.9 Å². The SMILES string of the molecule is CCn1cnc(S(=O)(=O)Nc2cc(C)ccc2Br)c1. The summed E-state index contributed by atoms with van der Waals surface area (Å²) in [5.74, 6) is 0. The number of hydrogen-bond acceptors (Lipinski definition) is 3. The number of nitrogens with one attached hydrogen (secondary N) is 1. The molecule has 0 radical (unpaired) electrons. The minimum Gasteiger partial charge on any atom is -0.336 e. The molecular weight excluding hydrogens is 330 g/mol. The second-order valence-electron chi connectivity index (χ2n) is 4.13. The van der Waals surface area contributed by atoms with Crippen LogP contribution < -0.4 is 4.72 Å². The van der Waals surface area contributed by atoms with Gasteiger partial charge in [0.25, 0.3) is 10.0 Å². The normalized spacial score (nSPS) is 11.5. The third-order valence-electron chi connectivity index (χ3n) is 2.62. The van der Waals surface area contributed by atoms with E-state index in [1.54, 1.807) is 16.7 Å². The number of anilines is 1. The van der Waals surface area contributed by atoms with Crippen molar-refractivity contribution in [3.63, 3.8) is 0 Å². The lowest BCUT2D eigenvalue weighted by Crippen LogP contribution is -2.13. The van der Waals surface area contributed by atoms with Crippen LogP contribution in [0.3, 0.4) is 0 Å². The topological polar surface area (TPSA) is 64.0 Å². The minimum atomic E-state index is -3.65. The summed E-state index contributed by atoms with van der Waals surface area (Å²) < 4.78 is 29.3. The van der Waals surface area contributed by atoms with Gasteiger partial charge in [-0.05, 0) is 47.5 Å². The van der Waals surface area contributed by atoms with Crippen molar-refractivity contribution in [1.82, 2.24) is 9.55 Å². The Kier molecular flexibility index (Phi) is 3.96. The third-order valence-corrected chi connectivity index (χ3v) is 4.56. The van der Waals surface area contributed by atoms with Crippen molar-refractivity contribution in [2.24, 2.45) is 0 Å². The predicted molar refractivity (Wildman–Crippen MR) is 77.6 cm³/mol. The van der Waals surface area contributed by atoms with Crippen LogP contribution in [0.4, 0.5) is 5.69 Å². The van der Waals surface area contributed by atoms with E-state index in [-0.39, 0.29) is 5.03 Å². The van der Waals surface area contributed by atoms with Crippen molar-refractivity contribution >= 4 is 31.6 Å². The highest BCUT2D eigenvalue weighted by Gasteiger charge is 2.18. The maximum atomic E-state index is 12.2. The zero-order valence-corrected chi connectivity index (χ0v) is 13.0. The first-order valence-electron chi connectivity index (χ1n) is 5.73. The monoisotopic (exact) mass is 343 g/mol. The Morgan fingerprint density at radius 3 is 2.79 bits per heavy atom. The Bertz CT molecular complexity index is 695. The second kappa shape index (κ2) is 5.34. The van der Waals surface area contributed by atoms with Gasteiger partial charge >= 0.3 is 0 Å². The lowest BCUT2D eigenvalue weighted by Gasteiger charge is -2.08. The molecule has 19 heavy (non-hydrogen) atoms. The van der Waals surface area contributed by atoms with E-state index in [1.165, 1.54) is 12.5 Å². The van der Waals surface area contributed by atoms with Crippen LogP contribution in [0.2, 0.25) is 0 Å². The van der Waals surface area contributed by atoms with Gasteiger partial charge in [-0.2, -0.15) is 8.42 Å². The molecule has 1 heterocycles. The zero-order valence-electron chi connectivity index (χ0n) is 10.6. The van der Waals surface area contributed by atoms with Gasteiger partial charge in [0, 0.05) is 17.2 Å². The average molecular weight is 344 g/mol. The molecule has 5 nitrogen and oxygen atoms in total. The van der Waals surface area contributed by atoms with Gasteiger partial charge in [0.2, 0.25) is 0 Å². The molecular formula is C12H14BrN3O2S. The molecule has 0 unspecified atom stereocenters. The molecule has 1 aromatic heterocycles. The lowest BCUT2D eigenvalue weighted by atomic mass is 10.2. The van der Waals surface area contributed by atoms with Crippen LogP contribution in [0.15, 0.2) is 40.2 Å². The van der Waals surface area contributed by atoms with E-state index >= 15 is 0 Å². The molecule has 102 valence electrons. The predicted octanol–water partition coefficient (Wildman–Crippen LogP) is 2.77. The molecule has 0 fully saturated rings. The quantitative estimate of drug-likeness (QED) is 0.928. The van der Waals surface area contributed by atoms with Crippen molar-refractivity contribution in [2.45, 2.75) is 25.4 Å². The molecule has 0 aliphatic carbocycles. The Labute approximate surface area is 120 Å². The maximum absolute atomic E-state index is 12.2. The summed E-state index contributed by atoms with van der Waals surface area (Å²) in [5.41, 5.74) is 1.48. The summed E-state index contributed by atoms with van der Waals surface area (Å²) in [6.07, 6.45) is 3.01. The van der Waals surface area contributed by atoms with Crippen LogP contribution in [0.1, 0.15) is 12.5 Å². The van der Waals surface area contributed by atoms with Crippen LogP contribution in [-0.4, -0.2) is 18.0 Å². The largest absolute Gasteiger partial charge is 0.336 e. The molecule has 2 aromatic rings. The molecule has 0 saturated heterocycles. The Balaban J connectivity index is 2.33. The number of halogens is 1. The van der Waals surface area contributed by atoms with Gasteiger partial charge in [-0.15, -0.1) is 0 Å². The summed E-state index contributed by atoms with van der Waals surface area (Å²) >= 11 is 3.32. The summed E-state index contributed by atoms with van der Waals surface area (Å²) in [4.78, 5) is 3.90. The first kappa shape index (κ1) is 14.1. The van der Waals surface area contributed by atoms with E-state index in [0.29, 0.717) is 16.7 Å². The summed E-state index contributed by atoms with van der Waals surface area (Å²) in [6.45, 7) is 4.50. The first-order valence-corrected chi connectivity index (χ1v) is 8.00. The van der Waals surface area contributed by atoms with Crippen molar-refractivity contribution in [2.75, 3.05) is 4.72 Å². The molecule has 7 heteroatoms. The summed E-state index contributed by atoms with van der Waals surface area (Å²) in [5, 5.41) is 0.0164. The Morgan fingerprint density at radius 1 is 1.42 bits per heavy atom. The number of hydrogen-bond donors (Lipinski definition) is 1. The molecule has 1 aromatic carbocycles. The number of sulfonamides is 1. The van der Waals surface area contributed by atoms with E-state index in [1.807, 2.05) is 19.9 Å². The average Bonchev–Trinajstić information content (AvgIpc) is 2.83. The van der Waals surface area contributed by atoms with Crippen molar-refractivity contribution in [3.05, 3.63) is 40.8 Å². The van der Waals surface area contributed by atoms with Gasteiger partial charge in [0.05, 0.1) is 12.0 Å². The van der Waals surface area contributed by atoms with Gasteiger partial charge in [0.1, 0.15) is 0 Å². The van der Waals surface area contributed by atoms with Crippen molar-refractivity contribution in [1.29, 1.82) is 0 Å². The van der Waals surface area contributed by atoms with Crippen molar-refractivity contribution < 1.29 is 8.42 Å². The second-order valence-corrected chi connectivity index (χ2v) is 6.61. The highest BCUT2D eigenvalue weighted by molar-refractivity contribution is 9.10. The lowest BCUT2D eigenvalue weighted by molar-refractivity contribution is 0.598. The summed E-state index contributed by atoms with van der Waals surface area (Å²) in [7, 11) is -3.65.